The number of benzene rings is 2. The molecule has 5 rings (SSSR count). The van der Waals surface area contributed by atoms with E-state index in [0.717, 1.165) is 40.0 Å². The Morgan fingerprint density at radius 3 is 2.29 bits per heavy atom. The highest BCUT2D eigenvalue weighted by molar-refractivity contribution is 7.17. The molecule has 1 fully saturated rings. The van der Waals surface area contributed by atoms with E-state index in [2.05, 4.69) is 27.8 Å². The number of carboxylic acids is 1. The topological polar surface area (TPSA) is 118 Å². The van der Waals surface area contributed by atoms with Crippen molar-refractivity contribution < 1.29 is 24.2 Å². The van der Waals surface area contributed by atoms with Crippen molar-refractivity contribution in [1.29, 1.82) is 0 Å². The SMILES string of the molecule is O=C(Nc1ncc(C(=O)NCC2(C(=O)O)CCC2)s1)OCC1c2ccccc2-c2ccccc21. The number of rotatable bonds is 7. The third kappa shape index (κ3) is 4.03. The Morgan fingerprint density at radius 2 is 1.71 bits per heavy atom. The lowest BCUT2D eigenvalue weighted by molar-refractivity contribution is -0.153. The van der Waals surface area contributed by atoms with Crippen molar-refractivity contribution in [2.24, 2.45) is 5.41 Å². The van der Waals surface area contributed by atoms with Crippen LogP contribution in [0.4, 0.5) is 9.93 Å². The monoisotopic (exact) mass is 477 g/mol. The van der Waals surface area contributed by atoms with Crippen molar-refractivity contribution in [2.45, 2.75) is 25.2 Å². The molecule has 2 aliphatic carbocycles. The molecule has 0 unspecified atom stereocenters. The zero-order valence-corrected chi connectivity index (χ0v) is 19.1. The number of aliphatic carboxylic acids is 1. The number of thiazole rings is 1. The van der Waals surface area contributed by atoms with Gasteiger partial charge in [0.2, 0.25) is 0 Å². The molecule has 2 amide bonds. The number of hydrogen-bond acceptors (Lipinski definition) is 6. The summed E-state index contributed by atoms with van der Waals surface area (Å²) in [6, 6.07) is 16.2. The molecule has 2 aromatic carbocycles. The van der Waals surface area contributed by atoms with Crippen molar-refractivity contribution in [3.8, 4) is 11.1 Å². The number of nitrogens with one attached hydrogen (secondary N) is 2. The molecule has 1 heterocycles. The fraction of sp³-hybridized carbons (Fsp3) is 0.280. The van der Waals surface area contributed by atoms with Gasteiger partial charge in [0.15, 0.2) is 5.13 Å². The average molecular weight is 478 g/mol. The molecule has 0 bridgehead atoms. The second-order valence-corrected chi connectivity index (χ2v) is 9.63. The summed E-state index contributed by atoms with van der Waals surface area (Å²) in [5, 5.41) is 14.9. The van der Waals surface area contributed by atoms with Crippen LogP contribution in [-0.2, 0) is 9.53 Å². The molecule has 174 valence electrons. The molecule has 3 N–H and O–H groups in total. The smallest absolute Gasteiger partial charge is 0.413 e. The van der Waals surface area contributed by atoms with Crippen LogP contribution in [0.1, 0.15) is 46.0 Å². The van der Waals surface area contributed by atoms with Crippen molar-refractivity contribution in [2.75, 3.05) is 18.5 Å². The maximum atomic E-state index is 12.4. The van der Waals surface area contributed by atoms with Gasteiger partial charge in [-0.25, -0.2) is 9.78 Å². The van der Waals surface area contributed by atoms with Gasteiger partial charge in [0.1, 0.15) is 11.5 Å². The Labute approximate surface area is 200 Å². The highest BCUT2D eigenvalue weighted by Gasteiger charge is 2.44. The van der Waals surface area contributed by atoms with Gasteiger partial charge in [-0.3, -0.25) is 14.9 Å². The van der Waals surface area contributed by atoms with Crippen LogP contribution in [-0.4, -0.2) is 41.2 Å². The van der Waals surface area contributed by atoms with Crippen molar-refractivity contribution in [1.82, 2.24) is 10.3 Å². The van der Waals surface area contributed by atoms with Crippen LogP contribution in [0.15, 0.2) is 54.7 Å². The Bertz CT molecular complexity index is 1220. The number of anilines is 1. The van der Waals surface area contributed by atoms with E-state index in [0.29, 0.717) is 12.8 Å². The Balaban J connectivity index is 1.17. The second-order valence-electron chi connectivity index (χ2n) is 8.60. The molecule has 34 heavy (non-hydrogen) atoms. The number of aromatic nitrogens is 1. The minimum Gasteiger partial charge on any atom is -0.481 e. The lowest BCUT2D eigenvalue weighted by Gasteiger charge is -2.37. The first-order valence-electron chi connectivity index (χ1n) is 11.1. The molecule has 0 saturated heterocycles. The molecule has 1 aromatic heterocycles. The lowest BCUT2D eigenvalue weighted by Crippen LogP contribution is -2.47. The zero-order chi connectivity index (χ0) is 23.7. The van der Waals surface area contributed by atoms with Crippen LogP contribution >= 0.6 is 11.3 Å². The predicted octanol–water partition coefficient (Wildman–Crippen LogP) is 4.49. The number of hydrogen-bond donors (Lipinski definition) is 3. The first-order valence-corrected chi connectivity index (χ1v) is 11.9. The maximum absolute atomic E-state index is 12.4. The number of nitrogens with zero attached hydrogens (tertiary/aromatic N) is 1. The molecule has 0 spiro atoms. The number of carboxylic acid groups (broad SMARTS) is 1. The molecule has 8 nitrogen and oxygen atoms in total. The van der Waals surface area contributed by atoms with Gasteiger partial charge in [-0.15, -0.1) is 0 Å². The molecule has 0 aliphatic heterocycles. The molecule has 1 saturated carbocycles. The van der Waals surface area contributed by atoms with Crippen molar-refractivity contribution >= 4 is 34.4 Å². The summed E-state index contributed by atoms with van der Waals surface area (Å²) in [6.07, 6.45) is 2.66. The molecular weight excluding hydrogens is 454 g/mol. The van der Waals surface area contributed by atoms with Gasteiger partial charge in [0, 0.05) is 12.5 Å². The maximum Gasteiger partial charge on any atom is 0.413 e. The van der Waals surface area contributed by atoms with Gasteiger partial charge in [0.05, 0.1) is 11.6 Å². The summed E-state index contributed by atoms with van der Waals surface area (Å²) in [5.74, 6) is -1.35. The summed E-state index contributed by atoms with van der Waals surface area (Å²) in [7, 11) is 0. The Morgan fingerprint density at radius 1 is 1.06 bits per heavy atom. The van der Waals surface area contributed by atoms with E-state index < -0.39 is 23.4 Å². The van der Waals surface area contributed by atoms with Gasteiger partial charge >= 0.3 is 12.1 Å². The largest absolute Gasteiger partial charge is 0.481 e. The minimum absolute atomic E-state index is 0.0520. The standard InChI is InChI=1S/C25H23N3O5S/c29-21(27-14-25(22(30)31)10-5-11-25)20-12-26-23(34-20)28-24(32)33-13-19-17-8-3-1-6-15(17)16-7-2-4-9-18(16)19/h1-4,6-9,12,19H,5,10-11,13-14H2,(H,27,29)(H,30,31)(H,26,28,32). The lowest BCUT2D eigenvalue weighted by atomic mass is 9.69. The third-order valence-corrected chi connectivity index (χ3v) is 7.55. The zero-order valence-electron chi connectivity index (χ0n) is 18.2. The van der Waals surface area contributed by atoms with E-state index in [-0.39, 0.29) is 29.1 Å². The van der Waals surface area contributed by atoms with E-state index >= 15 is 0 Å². The van der Waals surface area contributed by atoms with Crippen LogP contribution in [0.3, 0.4) is 0 Å². The van der Waals surface area contributed by atoms with Gasteiger partial charge in [0.25, 0.3) is 5.91 Å². The van der Waals surface area contributed by atoms with Crippen LogP contribution in [0.25, 0.3) is 11.1 Å². The van der Waals surface area contributed by atoms with Crippen LogP contribution in [0, 0.1) is 5.41 Å². The minimum atomic E-state index is -0.888. The summed E-state index contributed by atoms with van der Waals surface area (Å²) in [4.78, 5) is 40.6. The number of amides is 2. The highest BCUT2D eigenvalue weighted by atomic mass is 32.1. The van der Waals surface area contributed by atoms with E-state index in [1.807, 2.05) is 36.4 Å². The fourth-order valence-corrected chi connectivity index (χ4v) is 5.28. The van der Waals surface area contributed by atoms with E-state index in [1.54, 1.807) is 0 Å². The molecule has 9 heteroatoms. The van der Waals surface area contributed by atoms with Crippen LogP contribution < -0.4 is 10.6 Å². The number of ether oxygens (including phenoxy) is 1. The number of fused-ring (bicyclic) bond motifs is 3. The molecular formula is C25H23N3O5S. The first kappa shape index (κ1) is 22.1. The van der Waals surface area contributed by atoms with Gasteiger partial charge in [-0.2, -0.15) is 0 Å². The summed E-state index contributed by atoms with van der Waals surface area (Å²) in [6.45, 7) is 0.254. The normalized spacial score (nSPS) is 15.5. The first-order chi connectivity index (χ1) is 16.5. The summed E-state index contributed by atoms with van der Waals surface area (Å²) >= 11 is 1.01. The summed E-state index contributed by atoms with van der Waals surface area (Å²) in [5.41, 5.74) is 3.66. The van der Waals surface area contributed by atoms with Gasteiger partial charge < -0.3 is 15.2 Å². The number of carbonyl (C=O) groups is 3. The average Bonchev–Trinajstić information content (AvgIpc) is 3.39. The summed E-state index contributed by atoms with van der Waals surface area (Å²) < 4.78 is 5.50. The van der Waals surface area contributed by atoms with Crippen LogP contribution in [0.5, 0.6) is 0 Å². The molecule has 0 radical (unpaired) electrons. The van der Waals surface area contributed by atoms with Gasteiger partial charge in [-0.1, -0.05) is 66.3 Å². The van der Waals surface area contributed by atoms with Gasteiger partial charge in [-0.05, 0) is 35.1 Å². The Hall–Kier alpha value is -3.72. The molecule has 3 aromatic rings. The molecule has 0 atom stereocenters. The predicted molar refractivity (Wildman–Crippen MR) is 127 cm³/mol. The van der Waals surface area contributed by atoms with E-state index in [9.17, 15) is 19.5 Å². The van der Waals surface area contributed by atoms with Crippen molar-refractivity contribution in [3.05, 3.63) is 70.7 Å². The van der Waals surface area contributed by atoms with E-state index in [1.165, 1.54) is 6.20 Å². The quantitative estimate of drug-likeness (QED) is 0.462. The molecule has 2 aliphatic rings. The highest BCUT2D eigenvalue weighted by Crippen LogP contribution is 2.44. The van der Waals surface area contributed by atoms with Crippen molar-refractivity contribution in [3.63, 3.8) is 0 Å². The second kappa shape index (κ2) is 8.90. The fourth-order valence-electron chi connectivity index (χ4n) is 4.57. The Kier molecular flexibility index (Phi) is 5.79. The number of carbonyl (C=O) groups excluding carboxylic acids is 2. The third-order valence-electron chi connectivity index (χ3n) is 6.63. The van der Waals surface area contributed by atoms with E-state index in [4.69, 9.17) is 4.74 Å². The van der Waals surface area contributed by atoms with Crippen LogP contribution in [0.2, 0.25) is 0 Å².